The number of benzene rings is 1. The average Bonchev–Trinajstić information content (AvgIpc) is 3.00. The van der Waals surface area contributed by atoms with Gasteiger partial charge in [0.25, 0.3) is 0 Å². The molecule has 1 N–H and O–H groups in total. The van der Waals surface area contributed by atoms with E-state index in [1.807, 2.05) is 19.2 Å². The van der Waals surface area contributed by atoms with Crippen molar-refractivity contribution in [2.24, 2.45) is 7.05 Å². The second-order valence-electron chi connectivity index (χ2n) is 4.71. The summed E-state index contributed by atoms with van der Waals surface area (Å²) in [5.41, 5.74) is 0.962. The van der Waals surface area contributed by atoms with Gasteiger partial charge in [0.15, 0.2) is 4.60 Å². The van der Waals surface area contributed by atoms with Gasteiger partial charge in [0.1, 0.15) is 5.82 Å². The van der Waals surface area contributed by atoms with Gasteiger partial charge in [0.05, 0.1) is 11.7 Å². The molecule has 0 aliphatic carbocycles. The van der Waals surface area contributed by atoms with Crippen LogP contribution in [0.25, 0.3) is 10.1 Å². The van der Waals surface area contributed by atoms with Crippen LogP contribution in [0.2, 0.25) is 0 Å². The number of halogens is 2. The second kappa shape index (κ2) is 5.82. The summed E-state index contributed by atoms with van der Waals surface area (Å²) in [6.45, 7) is 2.86. The molecule has 2 aromatic heterocycles. The lowest BCUT2D eigenvalue weighted by Crippen LogP contribution is -2.23. The lowest BCUT2D eigenvalue weighted by atomic mass is 10.1. The van der Waals surface area contributed by atoms with E-state index in [1.54, 1.807) is 22.1 Å². The van der Waals surface area contributed by atoms with Crippen LogP contribution in [0.4, 0.5) is 4.39 Å². The summed E-state index contributed by atoms with van der Waals surface area (Å²) in [7, 11) is 1.87. The first-order valence-corrected chi connectivity index (χ1v) is 8.18. The fraction of sp³-hybridized carbons (Fsp3) is 0.286. The van der Waals surface area contributed by atoms with E-state index in [1.165, 1.54) is 6.07 Å². The molecule has 0 saturated heterocycles. The predicted molar refractivity (Wildman–Crippen MR) is 86.0 cm³/mol. The van der Waals surface area contributed by atoms with E-state index >= 15 is 0 Å². The van der Waals surface area contributed by atoms with Gasteiger partial charge in [-0.05, 0) is 52.1 Å². The van der Waals surface area contributed by atoms with Crippen LogP contribution in [0, 0.1) is 5.82 Å². The molecule has 1 aromatic carbocycles. The monoisotopic (exact) mass is 368 g/mol. The summed E-state index contributed by atoms with van der Waals surface area (Å²) in [6, 6.07) is 6.88. The maximum absolute atomic E-state index is 13.4. The first-order chi connectivity index (χ1) is 10.1. The van der Waals surface area contributed by atoms with Gasteiger partial charge >= 0.3 is 0 Å². The van der Waals surface area contributed by atoms with Crippen LogP contribution in [0.3, 0.4) is 0 Å². The zero-order valence-electron chi connectivity index (χ0n) is 11.6. The van der Waals surface area contributed by atoms with Gasteiger partial charge in [-0.1, -0.05) is 12.1 Å². The molecule has 0 radical (unpaired) electrons. The van der Waals surface area contributed by atoms with Crippen molar-refractivity contribution in [2.45, 2.75) is 13.0 Å². The highest BCUT2D eigenvalue weighted by Gasteiger charge is 2.23. The van der Waals surface area contributed by atoms with Crippen molar-refractivity contribution < 1.29 is 4.39 Å². The first kappa shape index (κ1) is 14.6. The molecule has 110 valence electrons. The van der Waals surface area contributed by atoms with Crippen molar-refractivity contribution >= 4 is 37.4 Å². The van der Waals surface area contributed by atoms with Crippen LogP contribution in [0.1, 0.15) is 23.5 Å². The van der Waals surface area contributed by atoms with Gasteiger partial charge in [-0.3, -0.25) is 0 Å². The van der Waals surface area contributed by atoms with Crippen molar-refractivity contribution in [3.05, 3.63) is 45.3 Å². The Morgan fingerprint density at radius 2 is 2.24 bits per heavy atom. The predicted octanol–water partition coefficient (Wildman–Crippen LogP) is 3.63. The van der Waals surface area contributed by atoms with Crippen molar-refractivity contribution in [1.29, 1.82) is 0 Å². The Bertz CT molecular complexity index is 763. The molecule has 2 heterocycles. The number of nitrogens with one attached hydrogen (secondary N) is 1. The van der Waals surface area contributed by atoms with Crippen LogP contribution in [0.5, 0.6) is 0 Å². The van der Waals surface area contributed by atoms with Gasteiger partial charge in [-0.25, -0.2) is 9.07 Å². The van der Waals surface area contributed by atoms with Gasteiger partial charge in [-0.2, -0.15) is 0 Å². The SMILES string of the molecule is CCNC(c1cc2cc(F)ccc2s1)c1c(Br)nnn1C. The summed E-state index contributed by atoms with van der Waals surface area (Å²) in [5.74, 6) is -0.213. The average molecular weight is 369 g/mol. The van der Waals surface area contributed by atoms with E-state index in [2.05, 4.69) is 38.5 Å². The quantitative estimate of drug-likeness (QED) is 0.764. The van der Waals surface area contributed by atoms with Crippen LogP contribution < -0.4 is 5.32 Å². The third kappa shape index (κ3) is 2.73. The first-order valence-electron chi connectivity index (χ1n) is 6.57. The number of hydrogen-bond acceptors (Lipinski definition) is 4. The molecule has 0 bridgehead atoms. The van der Waals surface area contributed by atoms with Gasteiger partial charge in [0, 0.05) is 16.6 Å². The summed E-state index contributed by atoms with van der Waals surface area (Å²) < 4.78 is 16.9. The van der Waals surface area contributed by atoms with E-state index in [4.69, 9.17) is 0 Å². The Morgan fingerprint density at radius 1 is 1.43 bits per heavy atom. The third-order valence-corrected chi connectivity index (χ3v) is 5.04. The summed E-state index contributed by atoms with van der Waals surface area (Å²) in [5, 5.41) is 12.4. The van der Waals surface area contributed by atoms with E-state index < -0.39 is 0 Å². The number of aryl methyl sites for hydroxylation is 1. The van der Waals surface area contributed by atoms with E-state index in [-0.39, 0.29) is 11.9 Å². The molecule has 21 heavy (non-hydrogen) atoms. The van der Waals surface area contributed by atoms with Crippen molar-refractivity contribution in [1.82, 2.24) is 20.3 Å². The molecule has 0 aliphatic rings. The lowest BCUT2D eigenvalue weighted by molar-refractivity contribution is 0.573. The number of nitrogens with zero attached hydrogens (tertiary/aromatic N) is 3. The van der Waals surface area contributed by atoms with Crippen LogP contribution >= 0.6 is 27.3 Å². The Morgan fingerprint density at radius 3 is 2.90 bits per heavy atom. The van der Waals surface area contributed by atoms with E-state index in [0.717, 1.165) is 31.8 Å². The normalized spacial score (nSPS) is 13.0. The highest BCUT2D eigenvalue weighted by atomic mass is 79.9. The maximum atomic E-state index is 13.4. The molecular formula is C14H14BrFN4S. The number of hydrogen-bond donors (Lipinski definition) is 1. The van der Waals surface area contributed by atoms with Crippen molar-refractivity contribution in [3.8, 4) is 0 Å². The van der Waals surface area contributed by atoms with Gasteiger partial charge in [0.2, 0.25) is 0 Å². The van der Waals surface area contributed by atoms with Crippen molar-refractivity contribution in [3.63, 3.8) is 0 Å². The van der Waals surface area contributed by atoms with Gasteiger partial charge < -0.3 is 5.32 Å². The minimum Gasteiger partial charge on any atom is -0.305 e. The highest BCUT2D eigenvalue weighted by molar-refractivity contribution is 9.10. The van der Waals surface area contributed by atoms with E-state index in [0.29, 0.717) is 0 Å². The molecule has 0 amide bonds. The topological polar surface area (TPSA) is 42.7 Å². The molecule has 0 fully saturated rings. The van der Waals surface area contributed by atoms with Crippen LogP contribution in [0.15, 0.2) is 28.9 Å². The van der Waals surface area contributed by atoms with Crippen LogP contribution in [-0.4, -0.2) is 21.5 Å². The number of rotatable bonds is 4. The smallest absolute Gasteiger partial charge is 0.153 e. The third-order valence-electron chi connectivity index (χ3n) is 3.29. The minimum absolute atomic E-state index is 0.0233. The molecule has 1 atom stereocenters. The Hall–Kier alpha value is -1.31. The second-order valence-corrected chi connectivity index (χ2v) is 6.58. The zero-order chi connectivity index (χ0) is 15.0. The van der Waals surface area contributed by atoms with Gasteiger partial charge in [-0.15, -0.1) is 16.4 Å². The maximum Gasteiger partial charge on any atom is 0.153 e. The highest BCUT2D eigenvalue weighted by Crippen LogP contribution is 2.35. The molecule has 0 saturated carbocycles. The lowest BCUT2D eigenvalue weighted by Gasteiger charge is -2.16. The number of aromatic nitrogens is 3. The fourth-order valence-electron chi connectivity index (χ4n) is 2.36. The summed E-state index contributed by atoms with van der Waals surface area (Å²) in [6.07, 6.45) is 0. The molecule has 1 unspecified atom stereocenters. The minimum atomic E-state index is -0.213. The van der Waals surface area contributed by atoms with E-state index in [9.17, 15) is 4.39 Å². The number of thiophene rings is 1. The Kier molecular flexibility index (Phi) is 4.05. The standard InChI is InChI=1S/C14H14BrFN4S/c1-3-17-12(13-14(15)18-19-20(13)2)11-7-8-6-9(16)4-5-10(8)21-11/h4-7,12,17H,3H2,1-2H3. The number of fused-ring (bicyclic) bond motifs is 1. The molecule has 0 aliphatic heterocycles. The summed E-state index contributed by atoms with van der Waals surface area (Å²) >= 11 is 5.10. The molecule has 7 heteroatoms. The Balaban J connectivity index is 2.11. The molecular weight excluding hydrogens is 355 g/mol. The fourth-order valence-corrected chi connectivity index (χ4v) is 4.04. The molecule has 3 rings (SSSR count). The van der Waals surface area contributed by atoms with Crippen LogP contribution in [-0.2, 0) is 7.05 Å². The molecule has 3 aromatic rings. The van der Waals surface area contributed by atoms with Crippen molar-refractivity contribution in [2.75, 3.05) is 6.54 Å². The largest absolute Gasteiger partial charge is 0.305 e. The molecule has 0 spiro atoms. The Labute approximate surface area is 134 Å². The molecule has 4 nitrogen and oxygen atoms in total. The summed E-state index contributed by atoms with van der Waals surface area (Å²) in [4.78, 5) is 1.11. The zero-order valence-corrected chi connectivity index (χ0v) is 14.0.